The zero-order valence-corrected chi connectivity index (χ0v) is 12.7. The number of piperazine rings is 1. The third-order valence-corrected chi connectivity index (χ3v) is 4.82. The molecule has 0 aliphatic carbocycles. The summed E-state index contributed by atoms with van der Waals surface area (Å²) >= 11 is 3.52. The van der Waals surface area contributed by atoms with Crippen molar-refractivity contribution in [2.75, 3.05) is 24.5 Å². The summed E-state index contributed by atoms with van der Waals surface area (Å²) in [5, 5.41) is 9.31. The van der Waals surface area contributed by atoms with E-state index in [4.69, 9.17) is 0 Å². The van der Waals surface area contributed by atoms with E-state index in [9.17, 15) is 5.26 Å². The minimum absolute atomic E-state index is 0.468. The molecule has 0 saturated carbocycles. The highest BCUT2D eigenvalue weighted by atomic mass is 79.9. The van der Waals surface area contributed by atoms with Gasteiger partial charge in [-0.05, 0) is 44.5 Å². The number of rotatable bonds is 1. The van der Waals surface area contributed by atoms with Gasteiger partial charge in [-0.15, -0.1) is 0 Å². The van der Waals surface area contributed by atoms with E-state index in [0.29, 0.717) is 12.1 Å². The number of nitriles is 1. The molecule has 1 aromatic carbocycles. The van der Waals surface area contributed by atoms with Crippen molar-refractivity contribution in [1.82, 2.24) is 4.90 Å². The summed E-state index contributed by atoms with van der Waals surface area (Å²) in [5.74, 6) is 0. The summed E-state index contributed by atoms with van der Waals surface area (Å²) in [6.07, 6.45) is 2.61. The van der Waals surface area contributed by atoms with Crippen LogP contribution in [0.1, 0.15) is 25.3 Å². The van der Waals surface area contributed by atoms with Crippen molar-refractivity contribution in [2.45, 2.75) is 31.8 Å². The molecule has 2 heterocycles. The molecule has 100 valence electrons. The van der Waals surface area contributed by atoms with Gasteiger partial charge in [0.1, 0.15) is 6.07 Å². The van der Waals surface area contributed by atoms with Gasteiger partial charge in [0.05, 0.1) is 11.3 Å². The average molecular weight is 320 g/mol. The SMILES string of the molecule is CC1CN2CCCC2CN1c1cc(Br)ccc1C#N. The first-order valence-corrected chi connectivity index (χ1v) is 7.68. The van der Waals surface area contributed by atoms with Crippen LogP contribution in [0, 0.1) is 11.3 Å². The maximum absolute atomic E-state index is 9.31. The fourth-order valence-electron chi connectivity index (χ4n) is 3.36. The number of benzene rings is 1. The summed E-state index contributed by atoms with van der Waals surface area (Å²) in [4.78, 5) is 5.01. The van der Waals surface area contributed by atoms with Crippen LogP contribution in [-0.4, -0.2) is 36.6 Å². The number of anilines is 1. The molecular weight excluding hydrogens is 302 g/mol. The van der Waals surface area contributed by atoms with E-state index in [1.807, 2.05) is 12.1 Å². The Kier molecular flexibility index (Phi) is 3.51. The first-order valence-electron chi connectivity index (χ1n) is 6.89. The summed E-state index contributed by atoms with van der Waals surface area (Å²) in [6, 6.07) is 9.40. The van der Waals surface area contributed by atoms with Crippen LogP contribution in [0.3, 0.4) is 0 Å². The van der Waals surface area contributed by atoms with Crippen LogP contribution in [0.15, 0.2) is 22.7 Å². The van der Waals surface area contributed by atoms with Gasteiger partial charge < -0.3 is 4.90 Å². The summed E-state index contributed by atoms with van der Waals surface area (Å²) in [7, 11) is 0. The Morgan fingerprint density at radius 3 is 3.00 bits per heavy atom. The molecule has 3 rings (SSSR count). The van der Waals surface area contributed by atoms with Crippen molar-refractivity contribution in [3.05, 3.63) is 28.2 Å². The Morgan fingerprint density at radius 2 is 2.21 bits per heavy atom. The quantitative estimate of drug-likeness (QED) is 0.797. The van der Waals surface area contributed by atoms with Gasteiger partial charge in [-0.25, -0.2) is 0 Å². The highest BCUT2D eigenvalue weighted by Gasteiger charge is 2.35. The zero-order valence-electron chi connectivity index (χ0n) is 11.1. The number of nitrogens with zero attached hydrogens (tertiary/aromatic N) is 3. The van der Waals surface area contributed by atoms with Gasteiger partial charge in [0.25, 0.3) is 0 Å². The molecule has 1 aromatic rings. The fraction of sp³-hybridized carbons (Fsp3) is 0.533. The lowest BCUT2D eigenvalue weighted by Crippen LogP contribution is -2.55. The normalized spacial score (nSPS) is 27.1. The Bertz CT molecular complexity index is 523. The average Bonchev–Trinajstić information content (AvgIpc) is 2.84. The molecule has 2 fully saturated rings. The lowest BCUT2D eigenvalue weighted by atomic mass is 10.0. The second kappa shape index (κ2) is 5.15. The van der Waals surface area contributed by atoms with Crippen LogP contribution in [0.5, 0.6) is 0 Å². The third kappa shape index (κ3) is 2.37. The maximum atomic E-state index is 9.31. The maximum Gasteiger partial charge on any atom is 0.101 e. The predicted molar refractivity (Wildman–Crippen MR) is 80.3 cm³/mol. The third-order valence-electron chi connectivity index (χ3n) is 4.33. The lowest BCUT2D eigenvalue weighted by molar-refractivity contribution is 0.203. The summed E-state index contributed by atoms with van der Waals surface area (Å²) < 4.78 is 1.04. The number of halogens is 1. The van der Waals surface area contributed by atoms with Gasteiger partial charge in [-0.3, -0.25) is 4.90 Å². The van der Waals surface area contributed by atoms with Crippen molar-refractivity contribution in [2.24, 2.45) is 0 Å². The molecule has 0 radical (unpaired) electrons. The zero-order chi connectivity index (χ0) is 13.4. The van der Waals surface area contributed by atoms with Crippen molar-refractivity contribution in [3.63, 3.8) is 0 Å². The lowest BCUT2D eigenvalue weighted by Gasteiger charge is -2.44. The fourth-order valence-corrected chi connectivity index (χ4v) is 3.71. The van der Waals surface area contributed by atoms with Gasteiger partial charge in [0.15, 0.2) is 0 Å². The molecule has 3 nitrogen and oxygen atoms in total. The van der Waals surface area contributed by atoms with Crippen LogP contribution in [-0.2, 0) is 0 Å². The van der Waals surface area contributed by atoms with Crippen LogP contribution in [0.4, 0.5) is 5.69 Å². The standard InChI is InChI=1S/C15H18BrN3/c1-11-9-18-6-2-3-14(18)10-19(11)15-7-13(16)5-4-12(15)8-17/h4-5,7,11,14H,2-3,6,9-10H2,1H3. The van der Waals surface area contributed by atoms with Gasteiger partial charge >= 0.3 is 0 Å². The molecule has 0 aromatic heterocycles. The molecule has 2 saturated heterocycles. The predicted octanol–water partition coefficient (Wildman–Crippen LogP) is 2.99. The number of hydrogen-bond donors (Lipinski definition) is 0. The van der Waals surface area contributed by atoms with E-state index in [1.54, 1.807) is 0 Å². The van der Waals surface area contributed by atoms with Gasteiger partial charge in [0, 0.05) is 29.6 Å². The molecule has 0 bridgehead atoms. The molecule has 4 heteroatoms. The smallest absolute Gasteiger partial charge is 0.101 e. The van der Waals surface area contributed by atoms with Crippen molar-refractivity contribution in [3.8, 4) is 6.07 Å². The largest absolute Gasteiger partial charge is 0.365 e. The second-order valence-electron chi connectivity index (χ2n) is 5.57. The molecule has 0 spiro atoms. The minimum Gasteiger partial charge on any atom is -0.365 e. The van der Waals surface area contributed by atoms with Crippen molar-refractivity contribution in [1.29, 1.82) is 5.26 Å². The van der Waals surface area contributed by atoms with Crippen LogP contribution >= 0.6 is 15.9 Å². The highest BCUT2D eigenvalue weighted by Crippen LogP contribution is 2.32. The molecule has 0 N–H and O–H groups in total. The topological polar surface area (TPSA) is 30.3 Å². The first-order chi connectivity index (χ1) is 9.19. The monoisotopic (exact) mass is 319 g/mol. The van der Waals surface area contributed by atoms with E-state index >= 15 is 0 Å². The molecule has 2 aliphatic heterocycles. The van der Waals surface area contributed by atoms with E-state index in [-0.39, 0.29) is 0 Å². The molecular formula is C15H18BrN3. The highest BCUT2D eigenvalue weighted by molar-refractivity contribution is 9.10. The Hall–Kier alpha value is -1.05. The van der Waals surface area contributed by atoms with E-state index in [0.717, 1.165) is 28.8 Å². The van der Waals surface area contributed by atoms with Gasteiger partial charge in [-0.1, -0.05) is 15.9 Å². The van der Waals surface area contributed by atoms with Gasteiger partial charge in [0.2, 0.25) is 0 Å². The van der Waals surface area contributed by atoms with Crippen LogP contribution < -0.4 is 4.90 Å². The van der Waals surface area contributed by atoms with Gasteiger partial charge in [-0.2, -0.15) is 5.26 Å². The molecule has 0 amide bonds. The van der Waals surface area contributed by atoms with Crippen molar-refractivity contribution < 1.29 is 0 Å². The van der Waals surface area contributed by atoms with Crippen molar-refractivity contribution >= 4 is 21.6 Å². The summed E-state index contributed by atoms with van der Waals surface area (Å²) in [5.41, 5.74) is 1.86. The van der Waals surface area contributed by atoms with E-state index in [1.165, 1.54) is 19.4 Å². The Balaban J connectivity index is 1.93. The van der Waals surface area contributed by atoms with E-state index in [2.05, 4.69) is 44.8 Å². The van der Waals surface area contributed by atoms with E-state index < -0.39 is 0 Å². The Labute approximate surface area is 122 Å². The number of fused-ring (bicyclic) bond motifs is 1. The Morgan fingerprint density at radius 1 is 1.37 bits per heavy atom. The van der Waals surface area contributed by atoms with Crippen LogP contribution in [0.2, 0.25) is 0 Å². The first kappa shape index (κ1) is 13.0. The molecule has 19 heavy (non-hydrogen) atoms. The second-order valence-corrected chi connectivity index (χ2v) is 6.48. The molecule has 2 atom stereocenters. The van der Waals surface area contributed by atoms with Crippen LogP contribution in [0.25, 0.3) is 0 Å². The number of hydrogen-bond acceptors (Lipinski definition) is 3. The summed E-state index contributed by atoms with van der Waals surface area (Å²) in [6.45, 7) is 5.66. The molecule has 2 aliphatic rings. The minimum atomic E-state index is 0.468. The molecule has 2 unspecified atom stereocenters.